The first-order chi connectivity index (χ1) is 9.22. The van der Waals surface area contributed by atoms with E-state index in [0.717, 1.165) is 18.2 Å². The average molecular weight is 330 g/mol. The van der Waals surface area contributed by atoms with E-state index in [1.54, 1.807) is 13.3 Å². The van der Waals surface area contributed by atoms with Gasteiger partial charge in [-0.25, -0.2) is 4.68 Å². The number of methoxy groups -OCH3 is 1. The molecule has 0 spiro atoms. The fourth-order valence-corrected chi connectivity index (χ4v) is 2.57. The zero-order valence-corrected chi connectivity index (χ0v) is 12.8. The van der Waals surface area contributed by atoms with Crippen LogP contribution in [0.15, 0.2) is 15.5 Å². The second kappa shape index (κ2) is 7.05. The van der Waals surface area contributed by atoms with Gasteiger partial charge in [0.25, 0.3) is 5.56 Å². The maximum absolute atomic E-state index is 12.0. The van der Waals surface area contributed by atoms with E-state index in [4.69, 9.17) is 4.74 Å². The maximum atomic E-state index is 12.0. The molecule has 1 aliphatic rings. The zero-order chi connectivity index (χ0) is 13.7. The van der Waals surface area contributed by atoms with Gasteiger partial charge in [-0.2, -0.15) is 5.10 Å². The molecule has 6 heteroatoms. The quantitative estimate of drug-likeness (QED) is 0.833. The van der Waals surface area contributed by atoms with Crippen LogP contribution in [0.3, 0.4) is 0 Å². The van der Waals surface area contributed by atoms with Crippen LogP contribution in [0.5, 0.6) is 0 Å². The molecule has 1 aliphatic carbocycles. The van der Waals surface area contributed by atoms with Gasteiger partial charge in [0.15, 0.2) is 0 Å². The molecule has 1 heterocycles. The van der Waals surface area contributed by atoms with Gasteiger partial charge in [-0.1, -0.05) is 19.3 Å². The highest BCUT2D eigenvalue weighted by Crippen LogP contribution is 2.29. The van der Waals surface area contributed by atoms with Gasteiger partial charge in [-0.3, -0.25) is 4.79 Å². The van der Waals surface area contributed by atoms with E-state index < -0.39 is 0 Å². The number of hydrogen-bond acceptors (Lipinski definition) is 4. The predicted octanol–water partition coefficient (Wildman–Crippen LogP) is 2.25. The molecule has 1 N–H and O–H groups in total. The molecular formula is C13H20BrN3O2. The molecule has 0 saturated heterocycles. The first-order valence-electron chi connectivity index (χ1n) is 6.71. The van der Waals surface area contributed by atoms with Crippen molar-refractivity contribution in [3.05, 3.63) is 21.0 Å². The number of ether oxygens (including phenoxy) is 1. The molecule has 0 aliphatic heterocycles. The van der Waals surface area contributed by atoms with Crippen molar-refractivity contribution < 1.29 is 4.74 Å². The first-order valence-corrected chi connectivity index (χ1v) is 7.50. The molecule has 1 aromatic rings. The van der Waals surface area contributed by atoms with Gasteiger partial charge in [-0.15, -0.1) is 0 Å². The van der Waals surface area contributed by atoms with Gasteiger partial charge in [0.1, 0.15) is 4.47 Å². The van der Waals surface area contributed by atoms with E-state index in [1.165, 1.54) is 30.4 Å². The summed E-state index contributed by atoms with van der Waals surface area (Å²) in [5, 5.41) is 7.42. The Morgan fingerprint density at radius 2 is 2.37 bits per heavy atom. The smallest absolute Gasteiger partial charge is 0.283 e. The lowest BCUT2D eigenvalue weighted by atomic mass is 9.83. The molecule has 2 rings (SSSR count). The normalized spacial score (nSPS) is 15.3. The standard InChI is InChI=1S/C13H20BrN3O2/c1-19-8-7-17-13(18)12(14)11(9-16-17)15-6-5-10-3-2-4-10/h9-10,15H,2-8H2,1H3. The van der Waals surface area contributed by atoms with E-state index in [0.29, 0.717) is 17.6 Å². The minimum absolute atomic E-state index is 0.120. The number of anilines is 1. The average Bonchev–Trinajstić information content (AvgIpc) is 2.36. The molecule has 5 nitrogen and oxygen atoms in total. The van der Waals surface area contributed by atoms with Crippen molar-refractivity contribution >= 4 is 21.6 Å². The second-order valence-corrected chi connectivity index (χ2v) is 5.70. The Morgan fingerprint density at radius 1 is 1.58 bits per heavy atom. The number of halogens is 1. The summed E-state index contributed by atoms with van der Waals surface area (Å²) in [4.78, 5) is 12.0. The highest BCUT2D eigenvalue weighted by Gasteiger charge is 2.16. The lowest BCUT2D eigenvalue weighted by molar-refractivity contribution is 0.181. The largest absolute Gasteiger partial charge is 0.383 e. The van der Waals surface area contributed by atoms with Crippen molar-refractivity contribution in [2.75, 3.05) is 25.6 Å². The Bertz CT molecular complexity index is 471. The molecule has 0 atom stereocenters. The molecular weight excluding hydrogens is 310 g/mol. The Balaban J connectivity index is 1.93. The zero-order valence-electron chi connectivity index (χ0n) is 11.2. The van der Waals surface area contributed by atoms with Crippen LogP contribution in [-0.2, 0) is 11.3 Å². The highest BCUT2D eigenvalue weighted by atomic mass is 79.9. The van der Waals surface area contributed by atoms with Crippen molar-refractivity contribution in [2.24, 2.45) is 5.92 Å². The number of rotatable bonds is 7. The molecule has 1 aromatic heterocycles. The number of aromatic nitrogens is 2. The lowest BCUT2D eigenvalue weighted by Crippen LogP contribution is -2.26. The molecule has 1 fully saturated rings. The van der Waals surface area contributed by atoms with Crippen LogP contribution in [0, 0.1) is 5.92 Å². The monoisotopic (exact) mass is 329 g/mol. The highest BCUT2D eigenvalue weighted by molar-refractivity contribution is 9.10. The molecule has 0 aromatic carbocycles. The van der Waals surface area contributed by atoms with E-state index in [2.05, 4.69) is 26.3 Å². The van der Waals surface area contributed by atoms with Gasteiger partial charge in [0, 0.05) is 13.7 Å². The van der Waals surface area contributed by atoms with Crippen LogP contribution in [0.1, 0.15) is 25.7 Å². The van der Waals surface area contributed by atoms with E-state index in [9.17, 15) is 4.79 Å². The maximum Gasteiger partial charge on any atom is 0.283 e. The summed E-state index contributed by atoms with van der Waals surface area (Å²) >= 11 is 3.34. The fourth-order valence-electron chi connectivity index (χ4n) is 2.12. The summed E-state index contributed by atoms with van der Waals surface area (Å²) in [6, 6.07) is 0. The molecule has 0 amide bonds. The van der Waals surface area contributed by atoms with Gasteiger partial charge in [0.2, 0.25) is 0 Å². The van der Waals surface area contributed by atoms with Crippen LogP contribution in [0.25, 0.3) is 0 Å². The molecule has 1 saturated carbocycles. The number of hydrogen-bond donors (Lipinski definition) is 1. The second-order valence-electron chi connectivity index (χ2n) is 4.91. The molecule has 0 unspecified atom stereocenters. The van der Waals surface area contributed by atoms with Gasteiger partial charge < -0.3 is 10.1 Å². The number of nitrogens with one attached hydrogen (secondary N) is 1. The topological polar surface area (TPSA) is 56.1 Å². The van der Waals surface area contributed by atoms with E-state index >= 15 is 0 Å². The minimum atomic E-state index is -0.120. The van der Waals surface area contributed by atoms with Crippen LogP contribution < -0.4 is 10.9 Å². The third kappa shape index (κ3) is 3.79. The SMILES string of the molecule is COCCn1ncc(NCCC2CCC2)c(Br)c1=O. The Kier molecular flexibility index (Phi) is 5.39. The van der Waals surface area contributed by atoms with Crippen molar-refractivity contribution in [1.82, 2.24) is 9.78 Å². The van der Waals surface area contributed by atoms with Crippen LogP contribution in [0.2, 0.25) is 0 Å². The van der Waals surface area contributed by atoms with Gasteiger partial charge in [-0.05, 0) is 28.3 Å². The fraction of sp³-hybridized carbons (Fsp3) is 0.692. The summed E-state index contributed by atoms with van der Waals surface area (Å²) in [6.45, 7) is 1.84. The van der Waals surface area contributed by atoms with Crippen LogP contribution in [-0.4, -0.2) is 30.0 Å². The van der Waals surface area contributed by atoms with Crippen molar-refractivity contribution in [2.45, 2.75) is 32.2 Å². The number of nitrogens with zero attached hydrogens (tertiary/aromatic N) is 2. The van der Waals surface area contributed by atoms with Gasteiger partial charge >= 0.3 is 0 Å². The third-order valence-electron chi connectivity index (χ3n) is 3.58. The minimum Gasteiger partial charge on any atom is -0.383 e. The van der Waals surface area contributed by atoms with E-state index in [1.807, 2.05) is 0 Å². The van der Waals surface area contributed by atoms with Crippen molar-refractivity contribution in [3.63, 3.8) is 0 Å². The van der Waals surface area contributed by atoms with Crippen molar-refractivity contribution in [3.8, 4) is 0 Å². The Morgan fingerprint density at radius 3 is 3.00 bits per heavy atom. The molecule has 0 bridgehead atoms. The summed E-state index contributed by atoms with van der Waals surface area (Å²) in [6.07, 6.45) is 6.92. The molecule has 0 radical (unpaired) electrons. The molecule has 106 valence electrons. The van der Waals surface area contributed by atoms with Gasteiger partial charge in [0.05, 0.1) is 25.0 Å². The Hall–Kier alpha value is -0.880. The van der Waals surface area contributed by atoms with E-state index in [-0.39, 0.29) is 5.56 Å². The predicted molar refractivity (Wildman–Crippen MR) is 78.5 cm³/mol. The lowest BCUT2D eigenvalue weighted by Gasteiger charge is -2.25. The summed E-state index contributed by atoms with van der Waals surface area (Å²) in [7, 11) is 1.61. The molecule has 19 heavy (non-hydrogen) atoms. The summed E-state index contributed by atoms with van der Waals surface area (Å²) < 4.78 is 6.91. The van der Waals surface area contributed by atoms with Crippen LogP contribution in [0.4, 0.5) is 5.69 Å². The third-order valence-corrected chi connectivity index (χ3v) is 4.35. The van der Waals surface area contributed by atoms with Crippen LogP contribution >= 0.6 is 15.9 Å². The Labute approximate surface area is 121 Å². The summed E-state index contributed by atoms with van der Waals surface area (Å²) in [5.74, 6) is 0.862. The van der Waals surface area contributed by atoms with Crippen molar-refractivity contribution in [1.29, 1.82) is 0 Å². The first kappa shape index (κ1) is 14.5. The summed E-state index contributed by atoms with van der Waals surface area (Å²) in [5.41, 5.74) is 0.656.